The summed E-state index contributed by atoms with van der Waals surface area (Å²) >= 11 is 0. The van der Waals surface area contributed by atoms with Gasteiger partial charge in [0.2, 0.25) is 0 Å². The van der Waals surface area contributed by atoms with E-state index in [4.69, 9.17) is 19.7 Å². The molecule has 10 nitrogen and oxygen atoms in total. The second kappa shape index (κ2) is 11.0. The zero-order valence-electron chi connectivity index (χ0n) is 23.0. The highest BCUT2D eigenvalue weighted by atomic mass is 16.5. The van der Waals surface area contributed by atoms with Gasteiger partial charge in [-0.15, -0.1) is 0 Å². The smallest absolute Gasteiger partial charge is 0.354 e. The van der Waals surface area contributed by atoms with Crippen molar-refractivity contribution in [3.8, 4) is 11.8 Å². The van der Waals surface area contributed by atoms with Gasteiger partial charge in [0.05, 0.1) is 30.5 Å². The van der Waals surface area contributed by atoms with E-state index < -0.39 is 5.97 Å². The van der Waals surface area contributed by atoms with Crippen molar-refractivity contribution in [2.24, 2.45) is 0 Å². The lowest BCUT2D eigenvalue weighted by molar-refractivity contribution is -0.0593. The van der Waals surface area contributed by atoms with Gasteiger partial charge in [-0.2, -0.15) is 5.26 Å². The van der Waals surface area contributed by atoms with Crippen LogP contribution in [0.2, 0.25) is 0 Å². The van der Waals surface area contributed by atoms with Crippen LogP contribution in [0.3, 0.4) is 0 Å². The number of para-hydroxylation sites is 1. The van der Waals surface area contributed by atoms with Crippen LogP contribution in [0.4, 0.5) is 0 Å². The number of carboxylic acids is 1. The van der Waals surface area contributed by atoms with Crippen LogP contribution in [0.15, 0.2) is 54.7 Å². The van der Waals surface area contributed by atoms with Gasteiger partial charge in [0, 0.05) is 18.4 Å². The number of hydrogen-bond donors (Lipinski definition) is 1. The van der Waals surface area contributed by atoms with Crippen LogP contribution in [0.5, 0.6) is 5.75 Å². The maximum Gasteiger partial charge on any atom is 0.354 e. The Bertz CT molecular complexity index is 1710. The summed E-state index contributed by atoms with van der Waals surface area (Å²) < 4.78 is 14.2. The lowest BCUT2D eigenvalue weighted by Crippen LogP contribution is -2.35. The molecule has 0 radical (unpaired) electrons. The Morgan fingerprint density at radius 3 is 2.67 bits per heavy atom. The first-order chi connectivity index (χ1) is 20.6. The third kappa shape index (κ3) is 5.02. The number of nitrogens with zero attached hydrogens (tertiary/aromatic N) is 6. The number of carboxylic acid groups (broad SMARTS) is 1. The molecule has 0 amide bonds. The molecule has 2 unspecified atom stereocenters. The number of imidazole rings is 1. The quantitative estimate of drug-likeness (QED) is 0.341. The molecule has 6 heterocycles. The van der Waals surface area contributed by atoms with Crippen molar-refractivity contribution in [3.05, 3.63) is 88.6 Å². The molecule has 0 spiro atoms. The van der Waals surface area contributed by atoms with Crippen molar-refractivity contribution >= 4 is 23.2 Å². The second-order valence-corrected chi connectivity index (χ2v) is 11.1. The molecule has 2 saturated heterocycles. The fourth-order valence-corrected chi connectivity index (χ4v) is 6.03. The number of fused-ring (bicyclic) bond motifs is 2. The molecule has 0 saturated carbocycles. The molecular weight excluding hydrogens is 532 g/mol. The highest BCUT2D eigenvalue weighted by molar-refractivity contribution is 5.88. The van der Waals surface area contributed by atoms with E-state index in [9.17, 15) is 9.90 Å². The molecule has 4 aromatic rings. The van der Waals surface area contributed by atoms with E-state index in [1.807, 2.05) is 16.7 Å². The third-order valence-electron chi connectivity index (χ3n) is 8.44. The maximum atomic E-state index is 11.6. The fourth-order valence-electron chi connectivity index (χ4n) is 6.03. The van der Waals surface area contributed by atoms with Crippen molar-refractivity contribution in [1.29, 1.82) is 5.26 Å². The number of likely N-dealkylation sites (tertiary alicyclic amines) is 1. The molecule has 0 bridgehead atoms. The summed E-state index contributed by atoms with van der Waals surface area (Å²) in [6.45, 7) is 3.84. The van der Waals surface area contributed by atoms with Crippen molar-refractivity contribution < 1.29 is 19.4 Å². The maximum absolute atomic E-state index is 11.6. The van der Waals surface area contributed by atoms with E-state index in [1.165, 1.54) is 11.6 Å². The van der Waals surface area contributed by atoms with Crippen LogP contribution in [-0.2, 0) is 17.8 Å². The predicted octanol–water partition coefficient (Wildman–Crippen LogP) is 4.71. The van der Waals surface area contributed by atoms with Crippen LogP contribution in [0, 0.1) is 11.3 Å². The first-order valence-electron chi connectivity index (χ1n) is 14.3. The zero-order chi connectivity index (χ0) is 28.6. The van der Waals surface area contributed by atoms with Crippen molar-refractivity contribution in [3.63, 3.8) is 0 Å². The van der Waals surface area contributed by atoms with E-state index in [2.05, 4.69) is 45.2 Å². The number of piperidine rings is 1. The molecule has 3 aliphatic rings. The van der Waals surface area contributed by atoms with E-state index in [0.29, 0.717) is 35.7 Å². The molecule has 10 heteroatoms. The number of carbonyl (C=O) groups is 1. The first-order valence-corrected chi connectivity index (χ1v) is 14.3. The highest BCUT2D eigenvalue weighted by Crippen LogP contribution is 2.41. The summed E-state index contributed by atoms with van der Waals surface area (Å²) in [5.74, 6) is 1.11. The molecule has 7 rings (SSSR count). The summed E-state index contributed by atoms with van der Waals surface area (Å²) in [4.78, 5) is 27.7. The van der Waals surface area contributed by atoms with Gasteiger partial charge in [-0.1, -0.05) is 24.3 Å². The van der Waals surface area contributed by atoms with E-state index in [1.54, 1.807) is 18.3 Å². The number of benzene rings is 1. The van der Waals surface area contributed by atoms with E-state index >= 15 is 0 Å². The number of nitriles is 1. The van der Waals surface area contributed by atoms with Crippen molar-refractivity contribution in [2.45, 2.75) is 50.5 Å². The largest absolute Gasteiger partial charge is 0.479 e. The fraction of sp³-hybridized carbons (Fsp3) is 0.344. The average Bonchev–Trinajstić information content (AvgIpc) is 3.34. The highest BCUT2D eigenvalue weighted by Gasteiger charge is 2.29. The van der Waals surface area contributed by atoms with E-state index in [-0.39, 0.29) is 17.9 Å². The lowest BCUT2D eigenvalue weighted by atomic mass is 9.87. The Morgan fingerprint density at radius 2 is 1.95 bits per heavy atom. The molecular formula is C32H30N6O4. The van der Waals surface area contributed by atoms with Gasteiger partial charge in [-0.25, -0.2) is 14.8 Å². The Morgan fingerprint density at radius 1 is 1.10 bits per heavy atom. The van der Waals surface area contributed by atoms with Crippen LogP contribution in [-0.4, -0.2) is 61.3 Å². The number of rotatable bonds is 7. The summed E-state index contributed by atoms with van der Waals surface area (Å²) in [5.41, 5.74) is 4.92. The molecule has 212 valence electrons. The van der Waals surface area contributed by atoms with Gasteiger partial charge >= 0.3 is 5.97 Å². The number of ether oxygens (including phenoxy) is 2. The third-order valence-corrected chi connectivity index (χ3v) is 8.44. The second-order valence-electron chi connectivity index (χ2n) is 11.1. The first kappa shape index (κ1) is 26.3. The molecule has 1 aromatic carbocycles. The molecule has 0 aliphatic carbocycles. The molecule has 2 fully saturated rings. The number of pyridine rings is 2. The van der Waals surface area contributed by atoms with Crippen LogP contribution >= 0.6 is 0 Å². The predicted molar refractivity (Wildman–Crippen MR) is 154 cm³/mol. The normalized spacial score (nSPS) is 20.5. The van der Waals surface area contributed by atoms with Crippen molar-refractivity contribution in [2.75, 3.05) is 19.7 Å². The Kier molecular flexibility index (Phi) is 6.90. The van der Waals surface area contributed by atoms with Gasteiger partial charge in [-0.05, 0) is 74.2 Å². The molecule has 3 aromatic heterocycles. The lowest BCUT2D eigenvalue weighted by Gasteiger charge is -2.34. The average molecular weight is 563 g/mol. The summed E-state index contributed by atoms with van der Waals surface area (Å²) in [5, 5.41) is 18.6. The standard InChI is InChI=1S/C32H30N6O4/c33-16-20-4-6-25(34-17-20)28-9-5-22-2-1-3-24(30(22)42-28)21-10-13-37(14-11-21)19-29-35-26-7-8-27(32(39)40)36-31(26)38(29)18-23-12-15-41-23/h1-9,17,21,23,28H,10-15,18-19H2,(H,39,40). The summed E-state index contributed by atoms with van der Waals surface area (Å²) in [7, 11) is 0. The monoisotopic (exact) mass is 562 g/mol. The minimum atomic E-state index is -1.05. The molecule has 3 aliphatic heterocycles. The minimum absolute atomic E-state index is 0.0194. The topological polar surface area (TPSA) is 126 Å². The summed E-state index contributed by atoms with van der Waals surface area (Å²) in [6, 6.07) is 15.3. The van der Waals surface area contributed by atoms with Gasteiger partial charge in [0.15, 0.2) is 17.4 Å². The van der Waals surface area contributed by atoms with Crippen LogP contribution in [0.25, 0.3) is 17.2 Å². The molecule has 2 atom stereocenters. The SMILES string of the molecule is N#Cc1ccc(C2C=Cc3cccc(C4CCN(Cc5nc6ccc(C(=O)O)nc6n5CC5CCO5)CC4)c3O2)nc1. The Balaban J connectivity index is 1.07. The summed E-state index contributed by atoms with van der Waals surface area (Å²) in [6.07, 6.45) is 8.44. The van der Waals surface area contributed by atoms with Crippen LogP contribution in [0.1, 0.15) is 70.0 Å². The van der Waals surface area contributed by atoms with Gasteiger partial charge < -0.3 is 19.1 Å². The Labute approximate surface area is 242 Å². The molecule has 42 heavy (non-hydrogen) atoms. The minimum Gasteiger partial charge on any atom is -0.479 e. The van der Waals surface area contributed by atoms with Crippen LogP contribution < -0.4 is 4.74 Å². The Hall–Kier alpha value is -4.59. The van der Waals surface area contributed by atoms with E-state index in [0.717, 1.165) is 61.8 Å². The zero-order valence-corrected chi connectivity index (χ0v) is 23.0. The van der Waals surface area contributed by atoms with Gasteiger partial charge in [0.1, 0.15) is 23.2 Å². The van der Waals surface area contributed by atoms with Gasteiger partial charge in [0.25, 0.3) is 0 Å². The number of aromatic carboxylic acids is 1. The number of aromatic nitrogens is 4. The number of hydrogen-bond acceptors (Lipinski definition) is 8. The van der Waals surface area contributed by atoms with Crippen molar-refractivity contribution in [1.82, 2.24) is 24.4 Å². The van der Waals surface area contributed by atoms with Gasteiger partial charge in [-0.3, -0.25) is 9.88 Å². The molecule has 1 N–H and O–H groups in total.